The van der Waals surface area contributed by atoms with Crippen molar-refractivity contribution in [3.63, 3.8) is 0 Å². The Balaban J connectivity index is 1.51. The number of hydrogen-bond acceptors (Lipinski definition) is 8. The summed E-state index contributed by atoms with van der Waals surface area (Å²) in [6, 6.07) is 5.23. The van der Waals surface area contributed by atoms with Crippen molar-refractivity contribution < 1.29 is 13.3 Å². The summed E-state index contributed by atoms with van der Waals surface area (Å²) in [5, 5.41) is 16.2. The van der Waals surface area contributed by atoms with Crippen LogP contribution in [0.5, 0.6) is 0 Å². The summed E-state index contributed by atoms with van der Waals surface area (Å²) in [5.41, 5.74) is 0.152. The fourth-order valence-corrected chi connectivity index (χ4v) is 4.62. The minimum Gasteiger partial charge on any atom is -0.356 e. The number of nitrogens with zero attached hydrogens (tertiary/aromatic N) is 6. The molecule has 0 amide bonds. The van der Waals surface area contributed by atoms with E-state index in [0.29, 0.717) is 5.65 Å². The number of nitro groups is 1. The Morgan fingerprint density at radius 1 is 1.17 bits per heavy atom. The molecule has 0 spiro atoms. The lowest BCUT2D eigenvalue weighted by atomic mass is 10.3. The zero-order chi connectivity index (χ0) is 20.4. The van der Waals surface area contributed by atoms with Crippen LogP contribution in [0.2, 0.25) is 0 Å². The largest absolute Gasteiger partial charge is 0.356 e. The summed E-state index contributed by atoms with van der Waals surface area (Å²) in [4.78, 5) is 20.9. The topological polar surface area (TPSA) is 136 Å². The van der Waals surface area contributed by atoms with Crippen LogP contribution in [0.1, 0.15) is 12.8 Å². The van der Waals surface area contributed by atoms with E-state index in [1.165, 1.54) is 24.5 Å². The second-order valence-corrected chi connectivity index (χ2v) is 8.35. The Labute approximate surface area is 166 Å². The van der Waals surface area contributed by atoms with Crippen LogP contribution in [0.3, 0.4) is 0 Å². The highest BCUT2D eigenvalue weighted by molar-refractivity contribution is 7.89. The fourth-order valence-electron chi connectivity index (χ4n) is 3.42. The number of anilines is 1. The van der Waals surface area contributed by atoms with Gasteiger partial charge in [0.25, 0.3) is 5.69 Å². The maximum absolute atomic E-state index is 12.5. The second kappa shape index (κ2) is 7.72. The lowest BCUT2D eigenvalue weighted by Crippen LogP contribution is -2.28. The van der Waals surface area contributed by atoms with E-state index in [1.807, 2.05) is 0 Å². The minimum atomic E-state index is -4.04. The average molecular weight is 417 g/mol. The van der Waals surface area contributed by atoms with Gasteiger partial charge in [0.2, 0.25) is 10.0 Å². The summed E-state index contributed by atoms with van der Waals surface area (Å²) in [7, 11) is -4.04. The van der Waals surface area contributed by atoms with Gasteiger partial charge in [-0.25, -0.2) is 27.8 Å². The molecule has 0 radical (unpaired) electrons. The third kappa shape index (κ3) is 3.76. The summed E-state index contributed by atoms with van der Waals surface area (Å²) in [5.74, 6) is 0.833. The number of hydrogen-bond donors (Lipinski definition) is 1. The Hall–Kier alpha value is -3.12. The van der Waals surface area contributed by atoms with Gasteiger partial charge in [0.05, 0.1) is 23.1 Å². The van der Waals surface area contributed by atoms with Crippen molar-refractivity contribution in [2.75, 3.05) is 24.5 Å². The van der Waals surface area contributed by atoms with E-state index in [-0.39, 0.29) is 18.0 Å². The van der Waals surface area contributed by atoms with Crippen molar-refractivity contribution in [3.05, 3.63) is 46.9 Å². The van der Waals surface area contributed by atoms with Gasteiger partial charge >= 0.3 is 0 Å². The highest BCUT2D eigenvalue weighted by atomic mass is 32.2. The first kappa shape index (κ1) is 19.2. The van der Waals surface area contributed by atoms with Crippen LogP contribution in [0.25, 0.3) is 11.0 Å². The third-order valence-electron chi connectivity index (χ3n) is 4.79. The van der Waals surface area contributed by atoms with Gasteiger partial charge in [-0.2, -0.15) is 5.10 Å². The van der Waals surface area contributed by atoms with Crippen molar-refractivity contribution in [1.82, 2.24) is 24.5 Å². The number of fused-ring (bicyclic) bond motifs is 1. The lowest BCUT2D eigenvalue weighted by Gasteiger charge is -2.16. The van der Waals surface area contributed by atoms with Crippen LogP contribution >= 0.6 is 0 Å². The van der Waals surface area contributed by atoms with Gasteiger partial charge in [0.15, 0.2) is 10.5 Å². The van der Waals surface area contributed by atoms with Crippen molar-refractivity contribution >= 4 is 32.6 Å². The molecular formula is C17H19N7O4S. The van der Waals surface area contributed by atoms with E-state index < -0.39 is 20.6 Å². The first-order chi connectivity index (χ1) is 14.0. The standard InChI is InChI=1S/C17H19N7O4S/c25-24(26)14-5-1-2-6-15(14)29(27,28)21-7-10-23-17-13(11-20-23)16(18-12-19-17)22-8-3-4-9-22/h1-2,5-6,11-12,21H,3-4,7-10H2. The average Bonchev–Trinajstić information content (AvgIpc) is 3.38. The lowest BCUT2D eigenvalue weighted by molar-refractivity contribution is -0.387. The van der Waals surface area contributed by atoms with E-state index in [0.717, 1.165) is 43.2 Å². The monoisotopic (exact) mass is 417 g/mol. The molecule has 1 aliphatic rings. The van der Waals surface area contributed by atoms with E-state index >= 15 is 0 Å². The molecule has 0 aliphatic carbocycles. The highest BCUT2D eigenvalue weighted by Gasteiger charge is 2.25. The molecule has 1 N–H and O–H groups in total. The molecule has 1 saturated heterocycles. The Morgan fingerprint density at radius 2 is 1.93 bits per heavy atom. The molecule has 11 nitrogen and oxygen atoms in total. The van der Waals surface area contributed by atoms with Crippen LogP contribution < -0.4 is 9.62 Å². The zero-order valence-electron chi connectivity index (χ0n) is 15.4. The first-order valence-electron chi connectivity index (χ1n) is 9.12. The number of para-hydroxylation sites is 1. The predicted octanol–water partition coefficient (Wildman–Crippen LogP) is 1.31. The minimum absolute atomic E-state index is 0.00815. The van der Waals surface area contributed by atoms with Gasteiger partial charge in [-0.15, -0.1) is 0 Å². The predicted molar refractivity (Wildman–Crippen MR) is 105 cm³/mol. The van der Waals surface area contributed by atoms with E-state index in [9.17, 15) is 18.5 Å². The van der Waals surface area contributed by atoms with Crippen LogP contribution in [-0.2, 0) is 16.6 Å². The number of rotatable bonds is 7. The molecule has 3 aromatic rings. The van der Waals surface area contributed by atoms with Crippen molar-refractivity contribution in [2.45, 2.75) is 24.3 Å². The normalized spacial score (nSPS) is 14.6. The molecule has 1 aliphatic heterocycles. The molecule has 1 fully saturated rings. The van der Waals surface area contributed by atoms with Crippen LogP contribution in [0, 0.1) is 10.1 Å². The van der Waals surface area contributed by atoms with Gasteiger partial charge in [-0.1, -0.05) is 12.1 Å². The van der Waals surface area contributed by atoms with Crippen LogP contribution in [0.15, 0.2) is 41.7 Å². The number of nitrogens with one attached hydrogen (secondary N) is 1. The summed E-state index contributed by atoms with van der Waals surface area (Å²) < 4.78 is 29.0. The van der Waals surface area contributed by atoms with Gasteiger partial charge in [0.1, 0.15) is 12.1 Å². The molecule has 29 heavy (non-hydrogen) atoms. The molecule has 0 atom stereocenters. The van der Waals surface area contributed by atoms with Crippen molar-refractivity contribution in [1.29, 1.82) is 0 Å². The maximum Gasteiger partial charge on any atom is 0.289 e. The summed E-state index contributed by atoms with van der Waals surface area (Å²) in [6.45, 7) is 2.11. The molecule has 152 valence electrons. The summed E-state index contributed by atoms with van der Waals surface area (Å²) >= 11 is 0. The van der Waals surface area contributed by atoms with Gasteiger partial charge < -0.3 is 4.90 Å². The molecule has 0 saturated carbocycles. The third-order valence-corrected chi connectivity index (χ3v) is 6.29. The van der Waals surface area contributed by atoms with Gasteiger partial charge in [-0.05, 0) is 18.9 Å². The highest BCUT2D eigenvalue weighted by Crippen LogP contribution is 2.26. The fraction of sp³-hybridized carbons (Fsp3) is 0.353. The molecule has 0 bridgehead atoms. The Morgan fingerprint density at radius 3 is 2.69 bits per heavy atom. The number of aromatic nitrogens is 4. The first-order valence-corrected chi connectivity index (χ1v) is 10.6. The van der Waals surface area contributed by atoms with Crippen molar-refractivity contribution in [2.24, 2.45) is 0 Å². The molecule has 0 unspecified atom stereocenters. The quantitative estimate of drug-likeness (QED) is 0.449. The SMILES string of the molecule is O=[N+]([O-])c1ccccc1S(=O)(=O)NCCn1ncc2c(N3CCCC3)ncnc21. The van der Waals surface area contributed by atoms with E-state index in [1.54, 1.807) is 10.9 Å². The van der Waals surface area contributed by atoms with Crippen LogP contribution in [0.4, 0.5) is 11.5 Å². The number of benzene rings is 1. The maximum atomic E-state index is 12.5. The smallest absolute Gasteiger partial charge is 0.289 e. The Bertz CT molecular complexity index is 1160. The van der Waals surface area contributed by atoms with E-state index in [2.05, 4.69) is 24.7 Å². The number of nitro benzene ring substituents is 1. The molecule has 12 heteroatoms. The summed E-state index contributed by atoms with van der Waals surface area (Å²) in [6.07, 6.45) is 5.39. The zero-order valence-corrected chi connectivity index (χ0v) is 16.2. The molecule has 3 heterocycles. The number of sulfonamides is 1. The van der Waals surface area contributed by atoms with Crippen molar-refractivity contribution in [3.8, 4) is 0 Å². The molecule has 1 aromatic carbocycles. The molecule has 4 rings (SSSR count). The van der Waals surface area contributed by atoms with Gasteiger partial charge in [0, 0.05) is 25.7 Å². The van der Waals surface area contributed by atoms with E-state index in [4.69, 9.17) is 0 Å². The molecular weight excluding hydrogens is 398 g/mol. The Kier molecular flexibility index (Phi) is 5.11. The van der Waals surface area contributed by atoms with Gasteiger partial charge in [-0.3, -0.25) is 10.1 Å². The van der Waals surface area contributed by atoms with Crippen LogP contribution in [-0.4, -0.2) is 52.7 Å². The molecule has 2 aromatic heterocycles. The second-order valence-electron chi connectivity index (χ2n) is 6.62.